The average Bonchev–Trinajstić information content (AvgIpc) is 2.79. The predicted octanol–water partition coefficient (Wildman–Crippen LogP) is 4.06. The topological polar surface area (TPSA) is 25.0 Å². The summed E-state index contributed by atoms with van der Waals surface area (Å²) >= 11 is 0. The van der Waals surface area contributed by atoms with Crippen molar-refractivity contribution in [3.63, 3.8) is 0 Å². The van der Waals surface area contributed by atoms with Crippen molar-refractivity contribution in [2.24, 2.45) is 0 Å². The quantitative estimate of drug-likeness (QED) is 0.730. The van der Waals surface area contributed by atoms with Crippen molar-refractivity contribution >= 4 is 10.9 Å². The van der Waals surface area contributed by atoms with Crippen molar-refractivity contribution in [3.05, 3.63) is 65.9 Å². The minimum absolute atomic E-state index is 0.567. The second-order valence-electron chi connectivity index (χ2n) is 4.49. The lowest BCUT2D eigenvalue weighted by Gasteiger charge is -2.03. The van der Waals surface area contributed by atoms with Crippen LogP contribution in [0.15, 0.2) is 54.6 Å². The average molecular weight is 237 g/mol. The molecule has 0 aliphatic carbocycles. The molecule has 0 aliphatic rings. The zero-order valence-electron chi connectivity index (χ0n) is 10.3. The molecular formula is C16H15NO. The van der Waals surface area contributed by atoms with Gasteiger partial charge in [0, 0.05) is 5.52 Å². The standard InChI is InChI=1S/C16H15NO/c1-12-7-8-13-10-14(17-16(13)9-12)11-18-15-5-3-2-4-6-15/h2-10,17H,11H2,1H3. The molecule has 3 rings (SSSR count). The number of fused-ring (bicyclic) bond motifs is 1. The van der Waals surface area contributed by atoms with Crippen LogP contribution in [0, 0.1) is 6.92 Å². The van der Waals surface area contributed by atoms with Crippen molar-refractivity contribution in [1.82, 2.24) is 4.98 Å². The summed E-state index contributed by atoms with van der Waals surface area (Å²) in [5, 5.41) is 1.23. The number of aryl methyl sites for hydroxylation is 1. The monoisotopic (exact) mass is 237 g/mol. The molecule has 1 N–H and O–H groups in total. The van der Waals surface area contributed by atoms with Crippen LogP contribution < -0.4 is 4.74 Å². The molecule has 0 atom stereocenters. The van der Waals surface area contributed by atoms with Crippen LogP contribution in [-0.4, -0.2) is 4.98 Å². The van der Waals surface area contributed by atoms with E-state index in [1.54, 1.807) is 0 Å². The number of aromatic amines is 1. The Bertz CT molecular complexity index is 655. The summed E-state index contributed by atoms with van der Waals surface area (Å²) in [7, 11) is 0. The van der Waals surface area contributed by atoms with Crippen LogP contribution in [-0.2, 0) is 6.61 Å². The molecule has 90 valence electrons. The third kappa shape index (κ3) is 2.23. The van der Waals surface area contributed by atoms with Gasteiger partial charge in [-0.05, 0) is 42.1 Å². The van der Waals surface area contributed by atoms with Crippen LogP contribution in [0.25, 0.3) is 10.9 Å². The lowest BCUT2D eigenvalue weighted by atomic mass is 10.2. The fraction of sp³-hybridized carbons (Fsp3) is 0.125. The van der Waals surface area contributed by atoms with E-state index >= 15 is 0 Å². The highest BCUT2D eigenvalue weighted by molar-refractivity contribution is 5.80. The van der Waals surface area contributed by atoms with Gasteiger partial charge in [0.1, 0.15) is 12.4 Å². The maximum Gasteiger partial charge on any atom is 0.128 e. The molecule has 0 unspecified atom stereocenters. The Hall–Kier alpha value is -2.22. The van der Waals surface area contributed by atoms with E-state index in [0.717, 1.165) is 11.4 Å². The van der Waals surface area contributed by atoms with Gasteiger partial charge in [-0.25, -0.2) is 0 Å². The van der Waals surface area contributed by atoms with Gasteiger partial charge in [-0.3, -0.25) is 0 Å². The molecule has 0 saturated heterocycles. The van der Waals surface area contributed by atoms with E-state index in [2.05, 4.69) is 36.2 Å². The number of hydrogen-bond donors (Lipinski definition) is 1. The summed E-state index contributed by atoms with van der Waals surface area (Å²) < 4.78 is 5.72. The van der Waals surface area contributed by atoms with Crippen LogP contribution >= 0.6 is 0 Å². The van der Waals surface area contributed by atoms with Crippen LogP contribution in [0.1, 0.15) is 11.3 Å². The summed E-state index contributed by atoms with van der Waals surface area (Å²) in [4.78, 5) is 3.38. The van der Waals surface area contributed by atoms with Crippen LogP contribution in [0.5, 0.6) is 5.75 Å². The van der Waals surface area contributed by atoms with Crippen molar-refractivity contribution < 1.29 is 4.74 Å². The summed E-state index contributed by atoms with van der Waals surface area (Å²) in [6.07, 6.45) is 0. The van der Waals surface area contributed by atoms with Gasteiger partial charge in [-0.1, -0.05) is 30.3 Å². The number of H-pyrrole nitrogens is 1. The first-order valence-corrected chi connectivity index (χ1v) is 6.07. The lowest BCUT2D eigenvalue weighted by Crippen LogP contribution is -1.94. The summed E-state index contributed by atoms with van der Waals surface area (Å²) in [6, 6.07) is 18.4. The molecular weight excluding hydrogens is 222 g/mol. The van der Waals surface area contributed by atoms with E-state index in [-0.39, 0.29) is 0 Å². The molecule has 0 fully saturated rings. The number of hydrogen-bond acceptors (Lipinski definition) is 1. The Balaban J connectivity index is 1.79. The Morgan fingerprint density at radius 1 is 1.00 bits per heavy atom. The van der Waals surface area contributed by atoms with Gasteiger partial charge in [-0.15, -0.1) is 0 Å². The van der Waals surface area contributed by atoms with E-state index in [9.17, 15) is 0 Å². The molecule has 0 radical (unpaired) electrons. The molecule has 0 spiro atoms. The molecule has 1 aromatic heterocycles. The number of rotatable bonds is 3. The lowest BCUT2D eigenvalue weighted by molar-refractivity contribution is 0.302. The van der Waals surface area contributed by atoms with Crippen LogP contribution in [0.3, 0.4) is 0 Å². The zero-order valence-corrected chi connectivity index (χ0v) is 10.3. The zero-order chi connectivity index (χ0) is 12.4. The number of aromatic nitrogens is 1. The summed E-state index contributed by atoms with van der Waals surface area (Å²) in [5.41, 5.74) is 3.53. The number of para-hydroxylation sites is 1. The maximum absolute atomic E-state index is 5.72. The second-order valence-corrected chi connectivity index (χ2v) is 4.49. The minimum Gasteiger partial charge on any atom is -0.487 e. The third-order valence-corrected chi connectivity index (χ3v) is 2.97. The summed E-state index contributed by atoms with van der Waals surface area (Å²) in [6.45, 7) is 2.66. The highest BCUT2D eigenvalue weighted by Crippen LogP contribution is 2.18. The van der Waals surface area contributed by atoms with Gasteiger partial charge in [0.15, 0.2) is 0 Å². The fourth-order valence-electron chi connectivity index (χ4n) is 2.06. The van der Waals surface area contributed by atoms with Gasteiger partial charge in [-0.2, -0.15) is 0 Å². The van der Waals surface area contributed by atoms with Gasteiger partial charge in [0.2, 0.25) is 0 Å². The van der Waals surface area contributed by atoms with Crippen LogP contribution in [0.4, 0.5) is 0 Å². The Morgan fingerprint density at radius 2 is 1.83 bits per heavy atom. The molecule has 1 heterocycles. The number of ether oxygens (including phenoxy) is 1. The molecule has 3 aromatic rings. The van der Waals surface area contributed by atoms with Gasteiger partial charge in [0.05, 0.1) is 5.69 Å². The van der Waals surface area contributed by atoms with E-state index < -0.39 is 0 Å². The molecule has 0 bridgehead atoms. The van der Waals surface area contributed by atoms with Crippen LogP contribution in [0.2, 0.25) is 0 Å². The van der Waals surface area contributed by atoms with Gasteiger partial charge >= 0.3 is 0 Å². The molecule has 0 saturated carbocycles. The first kappa shape index (κ1) is 10.9. The molecule has 2 aromatic carbocycles. The highest BCUT2D eigenvalue weighted by Gasteiger charge is 2.01. The van der Waals surface area contributed by atoms with Crippen molar-refractivity contribution in [1.29, 1.82) is 0 Å². The summed E-state index contributed by atoms with van der Waals surface area (Å²) in [5.74, 6) is 0.896. The number of benzene rings is 2. The van der Waals surface area contributed by atoms with Gasteiger partial charge < -0.3 is 9.72 Å². The largest absolute Gasteiger partial charge is 0.487 e. The minimum atomic E-state index is 0.567. The third-order valence-electron chi connectivity index (χ3n) is 2.97. The number of nitrogens with one attached hydrogen (secondary N) is 1. The molecule has 0 aliphatic heterocycles. The van der Waals surface area contributed by atoms with Crippen molar-refractivity contribution in [3.8, 4) is 5.75 Å². The highest BCUT2D eigenvalue weighted by atomic mass is 16.5. The Kier molecular flexibility index (Phi) is 2.77. The Labute approximate surface area is 106 Å². The smallest absolute Gasteiger partial charge is 0.128 e. The van der Waals surface area contributed by atoms with Gasteiger partial charge in [0.25, 0.3) is 0 Å². The SMILES string of the molecule is Cc1ccc2cc(COc3ccccc3)[nH]c2c1. The molecule has 18 heavy (non-hydrogen) atoms. The van der Waals surface area contributed by atoms with E-state index in [1.165, 1.54) is 16.5 Å². The van der Waals surface area contributed by atoms with E-state index in [0.29, 0.717) is 6.61 Å². The van der Waals surface area contributed by atoms with Crippen molar-refractivity contribution in [2.45, 2.75) is 13.5 Å². The first-order chi connectivity index (χ1) is 8.81. The fourth-order valence-corrected chi connectivity index (χ4v) is 2.06. The first-order valence-electron chi connectivity index (χ1n) is 6.07. The Morgan fingerprint density at radius 3 is 2.67 bits per heavy atom. The molecule has 0 amide bonds. The van der Waals surface area contributed by atoms with E-state index in [1.807, 2.05) is 30.3 Å². The molecule has 2 nitrogen and oxygen atoms in total. The van der Waals surface area contributed by atoms with Crippen molar-refractivity contribution in [2.75, 3.05) is 0 Å². The predicted molar refractivity (Wildman–Crippen MR) is 73.8 cm³/mol. The maximum atomic E-state index is 5.72. The normalized spacial score (nSPS) is 10.7. The molecule has 2 heteroatoms. The van der Waals surface area contributed by atoms with E-state index in [4.69, 9.17) is 4.74 Å². The second kappa shape index (κ2) is 4.57.